The third kappa shape index (κ3) is 13.8. The molecule has 0 saturated carbocycles. The molecular formula is C45H40O6S2Zr. The van der Waals surface area contributed by atoms with Gasteiger partial charge in [0, 0.05) is 0 Å². The third-order valence-corrected chi connectivity index (χ3v) is 11.0. The van der Waals surface area contributed by atoms with Gasteiger partial charge in [0.05, 0.1) is 9.79 Å². The summed E-state index contributed by atoms with van der Waals surface area (Å²) >= 11 is 1.46. The van der Waals surface area contributed by atoms with Gasteiger partial charge in [0.1, 0.15) is 0 Å². The van der Waals surface area contributed by atoms with E-state index in [2.05, 4.69) is 146 Å². The van der Waals surface area contributed by atoms with Crippen LogP contribution in [0.3, 0.4) is 0 Å². The Labute approximate surface area is 332 Å². The molecular weight excluding hydrogens is 792 g/mol. The van der Waals surface area contributed by atoms with E-state index in [1.165, 1.54) is 84.4 Å². The summed E-state index contributed by atoms with van der Waals surface area (Å²) in [5.41, 5.74) is 4.57. The molecule has 272 valence electrons. The van der Waals surface area contributed by atoms with Gasteiger partial charge in [-0.05, 0) is 38.1 Å². The summed E-state index contributed by atoms with van der Waals surface area (Å²) in [5, 5.41) is 5.32. The Bertz CT molecular complexity index is 2320. The van der Waals surface area contributed by atoms with E-state index in [9.17, 15) is 16.8 Å². The Hall–Kier alpha value is -4.89. The fraction of sp³-hybridized carbons (Fsp3) is 0.0444. The van der Waals surface area contributed by atoms with Crippen LogP contribution in [0.15, 0.2) is 204 Å². The summed E-state index contributed by atoms with van der Waals surface area (Å²) in [6.07, 6.45) is 0. The first-order valence-electron chi connectivity index (χ1n) is 16.8. The maximum atomic E-state index is 10.5. The van der Waals surface area contributed by atoms with Crippen molar-refractivity contribution in [3.63, 3.8) is 0 Å². The Morgan fingerprint density at radius 2 is 0.759 bits per heavy atom. The topological polar surface area (TPSA) is 109 Å². The number of fused-ring (bicyclic) bond motifs is 2. The van der Waals surface area contributed by atoms with Crippen LogP contribution in [0.5, 0.6) is 0 Å². The van der Waals surface area contributed by atoms with E-state index >= 15 is 0 Å². The van der Waals surface area contributed by atoms with Gasteiger partial charge in [-0.1, -0.05) is 47.5 Å². The van der Waals surface area contributed by atoms with Crippen molar-refractivity contribution in [1.82, 2.24) is 0 Å². The maximum absolute atomic E-state index is 10.5. The smallest absolute Gasteiger partial charge is 0.0809 e. The number of rotatable bonds is 4. The Kier molecular flexibility index (Phi) is 15.9. The number of hydrogen-bond donors (Lipinski definition) is 2. The van der Waals surface area contributed by atoms with Gasteiger partial charge in [0.2, 0.25) is 0 Å². The SMILES string of the molecule is Cc1ccc(S(=O)(=O)O)cc1.Cc1ccc(S(=O)(=O)O)cc1.[Zr+2]=[C](c1ccccc1)c1ccccc1.c1ccc2[cH-]ccc2c1.c1ccc2[cH-]ccc2c1. The van der Waals surface area contributed by atoms with Crippen LogP contribution in [0.2, 0.25) is 0 Å². The molecule has 8 aromatic carbocycles. The first-order chi connectivity index (χ1) is 25.8. The molecule has 2 N–H and O–H groups in total. The molecule has 0 amide bonds. The zero-order valence-electron chi connectivity index (χ0n) is 29.8. The molecule has 0 aliphatic rings. The van der Waals surface area contributed by atoms with E-state index in [-0.39, 0.29) is 9.79 Å². The van der Waals surface area contributed by atoms with Crippen LogP contribution in [0.1, 0.15) is 22.3 Å². The summed E-state index contributed by atoms with van der Waals surface area (Å²) in [4.78, 5) is -0.133. The Morgan fingerprint density at radius 1 is 0.444 bits per heavy atom. The van der Waals surface area contributed by atoms with Gasteiger partial charge in [-0.25, -0.2) is 0 Å². The molecule has 0 heterocycles. The van der Waals surface area contributed by atoms with Gasteiger partial charge in [-0.2, -0.15) is 51.9 Å². The van der Waals surface area contributed by atoms with Crippen LogP contribution in [-0.4, -0.2) is 29.1 Å². The van der Waals surface area contributed by atoms with Crippen molar-refractivity contribution < 1.29 is 50.2 Å². The zero-order valence-corrected chi connectivity index (χ0v) is 33.9. The third-order valence-electron chi connectivity index (χ3n) is 7.86. The molecule has 0 bridgehead atoms. The fourth-order valence-electron chi connectivity index (χ4n) is 4.94. The van der Waals surface area contributed by atoms with Crippen LogP contribution in [0.4, 0.5) is 0 Å². The van der Waals surface area contributed by atoms with E-state index in [1.54, 1.807) is 24.3 Å². The quantitative estimate of drug-likeness (QED) is 0.135. The molecule has 0 spiro atoms. The average Bonchev–Trinajstić information content (AvgIpc) is 3.86. The molecule has 0 radical (unpaired) electrons. The summed E-state index contributed by atoms with van der Waals surface area (Å²) in [6.45, 7) is 3.68. The van der Waals surface area contributed by atoms with E-state index in [0.717, 1.165) is 11.1 Å². The second kappa shape index (κ2) is 20.5. The Morgan fingerprint density at radius 3 is 1.07 bits per heavy atom. The second-order valence-corrected chi connectivity index (χ2v) is 16.1. The molecule has 0 atom stereocenters. The van der Waals surface area contributed by atoms with E-state index in [1.807, 2.05) is 13.8 Å². The van der Waals surface area contributed by atoms with E-state index in [4.69, 9.17) is 9.11 Å². The molecule has 9 heteroatoms. The molecule has 8 rings (SSSR count). The van der Waals surface area contributed by atoms with Gasteiger partial charge >= 0.3 is 99.2 Å². The van der Waals surface area contributed by atoms with Gasteiger partial charge in [-0.3, -0.25) is 9.11 Å². The molecule has 0 saturated heterocycles. The molecule has 0 aliphatic heterocycles. The monoisotopic (exact) mass is 830 g/mol. The molecule has 0 fully saturated rings. The van der Waals surface area contributed by atoms with Crippen molar-refractivity contribution in [2.45, 2.75) is 23.6 Å². The van der Waals surface area contributed by atoms with Crippen LogP contribution >= 0.6 is 0 Å². The molecule has 54 heavy (non-hydrogen) atoms. The molecule has 6 nitrogen and oxygen atoms in total. The molecule has 0 unspecified atom stereocenters. The van der Waals surface area contributed by atoms with E-state index < -0.39 is 20.2 Å². The average molecular weight is 832 g/mol. The minimum Gasteiger partial charge on any atom is -0.168 e. The maximum Gasteiger partial charge on any atom is -0.0809 e. The minimum atomic E-state index is -4.02. The molecule has 8 aromatic rings. The van der Waals surface area contributed by atoms with Gasteiger partial charge in [0.15, 0.2) is 0 Å². The number of hydrogen-bond acceptors (Lipinski definition) is 4. The second-order valence-electron chi connectivity index (χ2n) is 12.0. The first-order valence-corrected chi connectivity index (χ1v) is 20.9. The van der Waals surface area contributed by atoms with Crippen LogP contribution < -0.4 is 0 Å². The minimum absolute atomic E-state index is 0.0666. The Balaban J connectivity index is 0.000000152. The van der Waals surface area contributed by atoms with Crippen molar-refractivity contribution in [2.24, 2.45) is 0 Å². The van der Waals surface area contributed by atoms with Crippen LogP contribution in [0.25, 0.3) is 21.5 Å². The predicted octanol–water partition coefficient (Wildman–Crippen LogP) is 10.4. The molecule has 0 aliphatic carbocycles. The van der Waals surface area contributed by atoms with Crippen LogP contribution in [0, 0.1) is 13.8 Å². The van der Waals surface area contributed by atoms with Crippen molar-refractivity contribution in [2.75, 3.05) is 0 Å². The summed E-state index contributed by atoms with van der Waals surface area (Å²) < 4.78 is 60.5. The molecule has 0 aromatic heterocycles. The van der Waals surface area contributed by atoms with Gasteiger partial charge in [0.25, 0.3) is 20.2 Å². The summed E-state index contributed by atoms with van der Waals surface area (Å²) in [5.74, 6) is 0. The van der Waals surface area contributed by atoms with E-state index in [0.29, 0.717) is 0 Å². The van der Waals surface area contributed by atoms with Crippen molar-refractivity contribution in [3.8, 4) is 0 Å². The predicted molar refractivity (Wildman–Crippen MR) is 217 cm³/mol. The van der Waals surface area contributed by atoms with Crippen LogP contribution in [-0.2, 0) is 44.5 Å². The largest absolute Gasteiger partial charge is 0.168 e. The zero-order chi connectivity index (χ0) is 39.0. The fourth-order valence-corrected chi connectivity index (χ4v) is 6.72. The normalized spacial score (nSPS) is 10.6. The van der Waals surface area contributed by atoms with Gasteiger partial charge in [-0.15, -0.1) is 59.3 Å². The number of benzene rings is 6. The van der Waals surface area contributed by atoms with Crippen molar-refractivity contribution in [1.29, 1.82) is 0 Å². The first kappa shape index (κ1) is 41.9. The standard InChI is InChI=1S/C13H10.2C9H7.2C7H8O3S.Zr/c1-3-7-12(8-4-1)11-13-9-5-2-6-10-13;2*1-2-5-9-7-3-6-8(9)4-1;2*1-6-2-4-7(5-3-6)11(8,9)10;/h1-10H;2*1-7H;2*2-5H,1H3,(H,8,9,10);/q;2*-1;;;+2. The summed E-state index contributed by atoms with van der Waals surface area (Å²) in [7, 11) is -8.04. The van der Waals surface area contributed by atoms with Crippen molar-refractivity contribution >= 4 is 45.0 Å². The summed E-state index contributed by atoms with van der Waals surface area (Å²) in [6, 6.07) is 62.4. The number of aryl methyl sites for hydroxylation is 2. The van der Waals surface area contributed by atoms with Gasteiger partial charge < -0.3 is 0 Å². The van der Waals surface area contributed by atoms with Crippen molar-refractivity contribution in [3.05, 3.63) is 216 Å².